The number of esters is 1. The van der Waals surface area contributed by atoms with Crippen molar-refractivity contribution in [1.82, 2.24) is 23.1 Å². The van der Waals surface area contributed by atoms with E-state index in [9.17, 15) is 14.4 Å². The molecular weight excluding hydrogens is 398 g/mol. The van der Waals surface area contributed by atoms with Gasteiger partial charge in [0, 0.05) is 30.5 Å². The second kappa shape index (κ2) is 6.93. The Hall–Kier alpha value is -3.33. The lowest BCUT2D eigenvalue weighted by molar-refractivity contribution is -0.140. The number of aromatic nitrogens is 5. The van der Waals surface area contributed by atoms with Gasteiger partial charge in [0.25, 0.3) is 5.56 Å². The van der Waals surface area contributed by atoms with Gasteiger partial charge in [-0.1, -0.05) is 17.7 Å². The van der Waals surface area contributed by atoms with Crippen LogP contribution in [0.1, 0.15) is 12.1 Å². The highest BCUT2D eigenvalue weighted by Gasteiger charge is 2.21. The minimum Gasteiger partial charge on any atom is -0.469 e. The van der Waals surface area contributed by atoms with E-state index in [4.69, 9.17) is 11.6 Å². The molecule has 0 radical (unpaired) electrons. The molecule has 3 heterocycles. The number of hydrogen-bond donors (Lipinski definition) is 0. The summed E-state index contributed by atoms with van der Waals surface area (Å²) in [5.41, 5.74) is 1.10. The first-order chi connectivity index (χ1) is 13.8. The van der Waals surface area contributed by atoms with E-state index in [1.54, 1.807) is 29.8 Å². The number of imidazole rings is 2. The van der Waals surface area contributed by atoms with E-state index < -0.39 is 17.2 Å². The third kappa shape index (κ3) is 2.94. The zero-order chi connectivity index (χ0) is 20.9. The SMILES string of the molecule is COC(=O)CCn1c(=O)c2c(nc3n(-c4cccc(Cl)c4)c(C)cn23)n(C)c1=O. The van der Waals surface area contributed by atoms with E-state index in [1.807, 2.05) is 23.6 Å². The van der Waals surface area contributed by atoms with Gasteiger partial charge in [-0.3, -0.25) is 27.7 Å². The van der Waals surface area contributed by atoms with E-state index >= 15 is 0 Å². The Labute approximate surface area is 169 Å². The van der Waals surface area contributed by atoms with Gasteiger partial charge in [-0.2, -0.15) is 4.98 Å². The summed E-state index contributed by atoms with van der Waals surface area (Å²) in [6, 6.07) is 7.27. The fraction of sp³-hybridized carbons (Fsp3) is 0.263. The van der Waals surface area contributed by atoms with Gasteiger partial charge in [0.15, 0.2) is 11.2 Å². The number of carbonyl (C=O) groups excluding carboxylic acids is 1. The molecule has 0 saturated heterocycles. The maximum absolute atomic E-state index is 13.1. The number of ether oxygens (including phenoxy) is 1. The number of hydrogen-bond acceptors (Lipinski definition) is 5. The molecule has 29 heavy (non-hydrogen) atoms. The average molecular weight is 416 g/mol. The summed E-state index contributed by atoms with van der Waals surface area (Å²) in [5.74, 6) is -0.0157. The molecule has 0 spiro atoms. The van der Waals surface area contributed by atoms with Crippen LogP contribution in [0.2, 0.25) is 5.02 Å². The van der Waals surface area contributed by atoms with Crippen LogP contribution in [-0.4, -0.2) is 36.2 Å². The van der Waals surface area contributed by atoms with Crippen LogP contribution in [0, 0.1) is 6.92 Å². The first kappa shape index (κ1) is 19.0. The van der Waals surface area contributed by atoms with E-state index in [1.165, 1.54) is 11.7 Å². The molecular formula is C19H18ClN5O4. The van der Waals surface area contributed by atoms with Crippen molar-refractivity contribution < 1.29 is 9.53 Å². The number of fused-ring (bicyclic) bond motifs is 3. The fourth-order valence-corrected chi connectivity index (χ4v) is 3.63. The van der Waals surface area contributed by atoms with Gasteiger partial charge in [-0.25, -0.2) is 4.79 Å². The van der Waals surface area contributed by atoms with Gasteiger partial charge < -0.3 is 4.74 Å². The number of halogens is 1. The van der Waals surface area contributed by atoms with Crippen molar-refractivity contribution >= 4 is 34.5 Å². The van der Waals surface area contributed by atoms with Crippen LogP contribution in [-0.2, 0) is 23.1 Å². The van der Waals surface area contributed by atoms with Crippen LogP contribution in [0.5, 0.6) is 0 Å². The van der Waals surface area contributed by atoms with Crippen LogP contribution in [0.4, 0.5) is 0 Å². The molecule has 3 aromatic heterocycles. The lowest BCUT2D eigenvalue weighted by Gasteiger charge is -2.07. The maximum atomic E-state index is 13.1. The van der Waals surface area contributed by atoms with E-state index in [0.717, 1.165) is 15.9 Å². The predicted molar refractivity (Wildman–Crippen MR) is 108 cm³/mol. The summed E-state index contributed by atoms with van der Waals surface area (Å²) in [7, 11) is 2.80. The van der Waals surface area contributed by atoms with E-state index in [0.29, 0.717) is 10.8 Å². The minimum atomic E-state index is -0.543. The Kier molecular flexibility index (Phi) is 4.54. The van der Waals surface area contributed by atoms with E-state index in [-0.39, 0.29) is 24.1 Å². The number of nitrogens with zero attached hydrogens (tertiary/aromatic N) is 5. The standard InChI is InChI=1S/C19H18ClN5O4/c1-11-10-24-15-16(21-18(24)25(11)13-6-4-5-12(20)9-13)22(2)19(28)23(17(15)27)8-7-14(26)29-3/h4-6,9-10H,7-8H2,1-3H3. The van der Waals surface area contributed by atoms with E-state index in [2.05, 4.69) is 9.72 Å². The number of rotatable bonds is 4. The van der Waals surface area contributed by atoms with Gasteiger partial charge in [-0.15, -0.1) is 0 Å². The second-order valence-corrected chi connectivity index (χ2v) is 7.10. The number of methoxy groups -OCH3 is 1. The van der Waals surface area contributed by atoms with Crippen molar-refractivity contribution in [3.05, 3.63) is 62.0 Å². The lowest BCUT2D eigenvalue weighted by Crippen LogP contribution is -2.39. The van der Waals surface area contributed by atoms with Crippen molar-refractivity contribution in [3.63, 3.8) is 0 Å². The molecule has 10 heteroatoms. The Balaban J connectivity index is 2.01. The summed E-state index contributed by atoms with van der Waals surface area (Å²) in [6.45, 7) is 1.81. The topological polar surface area (TPSA) is 92.5 Å². The van der Waals surface area contributed by atoms with Crippen LogP contribution in [0.25, 0.3) is 22.6 Å². The van der Waals surface area contributed by atoms with Crippen LogP contribution in [0.15, 0.2) is 40.1 Å². The van der Waals surface area contributed by atoms with Gasteiger partial charge in [-0.05, 0) is 25.1 Å². The molecule has 4 aromatic rings. The number of carbonyl (C=O) groups is 1. The monoisotopic (exact) mass is 415 g/mol. The van der Waals surface area contributed by atoms with Gasteiger partial charge in [0.1, 0.15) is 0 Å². The quantitative estimate of drug-likeness (QED) is 0.473. The molecule has 0 fully saturated rings. The third-order valence-corrected chi connectivity index (χ3v) is 5.09. The van der Waals surface area contributed by atoms with Gasteiger partial charge >= 0.3 is 11.7 Å². The van der Waals surface area contributed by atoms with Crippen LogP contribution in [0.3, 0.4) is 0 Å². The second-order valence-electron chi connectivity index (χ2n) is 6.66. The summed E-state index contributed by atoms with van der Waals surface area (Å²) < 4.78 is 10.4. The molecule has 0 amide bonds. The number of benzene rings is 1. The molecule has 0 saturated carbocycles. The van der Waals surface area contributed by atoms with Crippen molar-refractivity contribution in [2.45, 2.75) is 19.9 Å². The first-order valence-electron chi connectivity index (χ1n) is 8.86. The van der Waals surface area contributed by atoms with Gasteiger partial charge in [0.2, 0.25) is 5.78 Å². The normalized spacial score (nSPS) is 11.4. The fourth-order valence-electron chi connectivity index (χ4n) is 3.45. The predicted octanol–water partition coefficient (Wildman–Crippen LogP) is 1.66. The largest absolute Gasteiger partial charge is 0.469 e. The Morgan fingerprint density at radius 2 is 2.03 bits per heavy atom. The zero-order valence-corrected chi connectivity index (χ0v) is 16.8. The highest BCUT2D eigenvalue weighted by atomic mass is 35.5. The van der Waals surface area contributed by atoms with Crippen LogP contribution < -0.4 is 11.2 Å². The number of aryl methyl sites for hydroxylation is 2. The third-order valence-electron chi connectivity index (χ3n) is 4.86. The molecule has 1 aromatic carbocycles. The summed E-state index contributed by atoms with van der Waals surface area (Å²) in [4.78, 5) is 41.8. The summed E-state index contributed by atoms with van der Waals surface area (Å²) in [5, 5.41) is 0.572. The molecule has 9 nitrogen and oxygen atoms in total. The molecule has 0 N–H and O–H groups in total. The minimum absolute atomic E-state index is 0.0741. The molecule has 0 bridgehead atoms. The molecule has 0 aliphatic carbocycles. The maximum Gasteiger partial charge on any atom is 0.332 e. The summed E-state index contributed by atoms with van der Waals surface area (Å²) >= 11 is 6.13. The van der Waals surface area contributed by atoms with Crippen molar-refractivity contribution in [2.24, 2.45) is 7.05 Å². The zero-order valence-electron chi connectivity index (χ0n) is 16.0. The Morgan fingerprint density at radius 3 is 2.72 bits per heavy atom. The van der Waals surface area contributed by atoms with Crippen molar-refractivity contribution in [3.8, 4) is 5.69 Å². The summed E-state index contributed by atoms with van der Waals surface area (Å²) in [6.07, 6.45) is 1.70. The first-order valence-corrected chi connectivity index (χ1v) is 9.24. The molecule has 0 atom stereocenters. The van der Waals surface area contributed by atoms with Crippen molar-refractivity contribution in [2.75, 3.05) is 7.11 Å². The highest BCUT2D eigenvalue weighted by molar-refractivity contribution is 6.30. The average Bonchev–Trinajstić information content (AvgIpc) is 3.20. The van der Waals surface area contributed by atoms with Crippen molar-refractivity contribution in [1.29, 1.82) is 0 Å². The molecule has 4 rings (SSSR count). The molecule has 0 aliphatic heterocycles. The Bertz CT molecular complexity index is 1390. The Morgan fingerprint density at radius 1 is 1.28 bits per heavy atom. The smallest absolute Gasteiger partial charge is 0.332 e. The van der Waals surface area contributed by atoms with Gasteiger partial charge in [0.05, 0.1) is 19.2 Å². The molecule has 0 unspecified atom stereocenters. The lowest BCUT2D eigenvalue weighted by atomic mass is 10.3. The van der Waals surface area contributed by atoms with Crippen LogP contribution >= 0.6 is 11.6 Å². The molecule has 150 valence electrons. The molecule has 0 aliphatic rings. The highest BCUT2D eigenvalue weighted by Crippen LogP contribution is 2.22.